The topological polar surface area (TPSA) is 47.9 Å². The van der Waals surface area contributed by atoms with Crippen LogP contribution in [0.25, 0.3) is 0 Å². The second kappa shape index (κ2) is 5.07. The molecule has 0 heterocycles. The average molecular weight is 206 g/mol. The Hall–Kier alpha value is -0.160. The zero-order valence-corrected chi connectivity index (χ0v) is 9.96. The van der Waals surface area contributed by atoms with Crippen LogP contribution in [0.15, 0.2) is 0 Å². The van der Waals surface area contributed by atoms with E-state index >= 15 is 0 Å². The molecule has 0 spiro atoms. The molecule has 0 bridgehead atoms. The predicted molar refractivity (Wildman–Crippen MR) is 53.8 cm³/mol. The minimum Gasteiger partial charge on any atom is -0.390 e. The van der Waals surface area contributed by atoms with Crippen LogP contribution in [0.2, 0.25) is 0 Å². The molecular formula is C10H22O4. The minimum absolute atomic E-state index is 0.00218. The summed E-state index contributed by atoms with van der Waals surface area (Å²) in [6, 6.07) is 0. The lowest BCUT2D eigenvalue weighted by molar-refractivity contribution is -0.362. The monoisotopic (exact) mass is 206 g/mol. The van der Waals surface area contributed by atoms with Gasteiger partial charge in [0.1, 0.15) is 0 Å². The standard InChI is InChI=1S/C10H22O4/c1-8(9(2,3)11)7-10(12-4,13-5)14-6/h8,11H,7H2,1-6H3. The largest absolute Gasteiger partial charge is 0.390 e. The van der Waals surface area contributed by atoms with Crippen LogP contribution in [-0.2, 0) is 14.2 Å². The summed E-state index contributed by atoms with van der Waals surface area (Å²) in [6.07, 6.45) is 0.472. The Morgan fingerprint density at radius 1 is 1.07 bits per heavy atom. The molecule has 0 saturated carbocycles. The van der Waals surface area contributed by atoms with Crippen molar-refractivity contribution in [1.29, 1.82) is 0 Å². The first-order valence-corrected chi connectivity index (χ1v) is 4.69. The van der Waals surface area contributed by atoms with E-state index in [1.807, 2.05) is 6.92 Å². The summed E-state index contributed by atoms with van der Waals surface area (Å²) in [7, 11) is 4.55. The third-order valence-corrected chi connectivity index (χ3v) is 2.70. The summed E-state index contributed by atoms with van der Waals surface area (Å²) in [6.45, 7) is 5.43. The van der Waals surface area contributed by atoms with Crippen molar-refractivity contribution >= 4 is 0 Å². The molecule has 14 heavy (non-hydrogen) atoms. The summed E-state index contributed by atoms with van der Waals surface area (Å²) in [5.74, 6) is -1.05. The Morgan fingerprint density at radius 3 is 1.64 bits per heavy atom. The molecule has 0 saturated heterocycles. The molecule has 0 radical (unpaired) electrons. The molecule has 0 aromatic carbocycles. The highest BCUT2D eigenvalue weighted by Gasteiger charge is 2.36. The Bertz CT molecular complexity index is 150. The van der Waals surface area contributed by atoms with Gasteiger partial charge >= 0.3 is 0 Å². The number of ether oxygens (including phenoxy) is 3. The highest BCUT2D eigenvalue weighted by atomic mass is 16.9. The van der Waals surface area contributed by atoms with Crippen LogP contribution < -0.4 is 0 Å². The maximum absolute atomic E-state index is 9.77. The van der Waals surface area contributed by atoms with Crippen LogP contribution >= 0.6 is 0 Å². The molecule has 0 amide bonds. The molecule has 1 atom stereocenters. The Morgan fingerprint density at radius 2 is 1.43 bits per heavy atom. The second-order valence-electron chi connectivity index (χ2n) is 4.05. The van der Waals surface area contributed by atoms with Gasteiger partial charge in [-0.15, -0.1) is 0 Å². The summed E-state index contributed by atoms with van der Waals surface area (Å²) in [5.41, 5.74) is -0.777. The maximum Gasteiger partial charge on any atom is 0.282 e. The van der Waals surface area contributed by atoms with Gasteiger partial charge in [0.25, 0.3) is 5.97 Å². The van der Waals surface area contributed by atoms with Crippen LogP contribution in [-0.4, -0.2) is 38.0 Å². The van der Waals surface area contributed by atoms with E-state index in [0.717, 1.165) is 0 Å². The number of hydrogen-bond donors (Lipinski definition) is 1. The summed E-state index contributed by atoms with van der Waals surface area (Å²) in [5, 5.41) is 9.77. The van der Waals surface area contributed by atoms with Crippen LogP contribution in [0.5, 0.6) is 0 Å². The van der Waals surface area contributed by atoms with E-state index in [-0.39, 0.29) is 5.92 Å². The first-order chi connectivity index (χ1) is 6.31. The van der Waals surface area contributed by atoms with Gasteiger partial charge in [-0.2, -0.15) is 0 Å². The van der Waals surface area contributed by atoms with E-state index in [1.165, 1.54) is 21.3 Å². The normalized spacial score (nSPS) is 15.6. The van der Waals surface area contributed by atoms with Crippen molar-refractivity contribution in [2.75, 3.05) is 21.3 Å². The summed E-state index contributed by atoms with van der Waals surface area (Å²) < 4.78 is 15.4. The quantitative estimate of drug-likeness (QED) is 0.667. The fourth-order valence-electron chi connectivity index (χ4n) is 1.12. The molecule has 0 aromatic rings. The molecule has 0 aliphatic heterocycles. The molecule has 4 heteroatoms. The van der Waals surface area contributed by atoms with E-state index in [1.54, 1.807) is 13.8 Å². The molecule has 0 aliphatic carbocycles. The third kappa shape index (κ3) is 3.53. The lowest BCUT2D eigenvalue weighted by Gasteiger charge is -2.35. The Labute approximate surface area is 86.2 Å². The van der Waals surface area contributed by atoms with E-state index in [4.69, 9.17) is 14.2 Å². The predicted octanol–water partition coefficient (Wildman–Crippen LogP) is 1.38. The van der Waals surface area contributed by atoms with Crippen molar-refractivity contribution in [3.63, 3.8) is 0 Å². The molecule has 0 aliphatic rings. The number of hydrogen-bond acceptors (Lipinski definition) is 4. The van der Waals surface area contributed by atoms with Gasteiger partial charge in [0.15, 0.2) is 0 Å². The Balaban J connectivity index is 4.45. The van der Waals surface area contributed by atoms with Crippen LogP contribution in [0.3, 0.4) is 0 Å². The van der Waals surface area contributed by atoms with Crippen molar-refractivity contribution in [2.45, 2.75) is 38.8 Å². The molecule has 86 valence electrons. The number of aliphatic hydroxyl groups is 1. The second-order valence-corrected chi connectivity index (χ2v) is 4.05. The zero-order valence-electron chi connectivity index (χ0n) is 9.96. The van der Waals surface area contributed by atoms with E-state index in [2.05, 4.69) is 0 Å². The molecule has 1 N–H and O–H groups in total. The third-order valence-electron chi connectivity index (χ3n) is 2.70. The van der Waals surface area contributed by atoms with Crippen LogP contribution in [0.4, 0.5) is 0 Å². The van der Waals surface area contributed by atoms with Crippen LogP contribution in [0, 0.1) is 5.92 Å². The lowest BCUT2D eigenvalue weighted by Crippen LogP contribution is -2.42. The summed E-state index contributed by atoms with van der Waals surface area (Å²) >= 11 is 0. The van der Waals surface area contributed by atoms with Gasteiger partial charge in [0, 0.05) is 27.8 Å². The molecule has 4 nitrogen and oxygen atoms in total. The van der Waals surface area contributed by atoms with E-state index in [0.29, 0.717) is 6.42 Å². The van der Waals surface area contributed by atoms with Gasteiger partial charge in [-0.25, -0.2) is 0 Å². The SMILES string of the molecule is COC(CC(C)C(C)(C)O)(OC)OC. The highest BCUT2D eigenvalue weighted by molar-refractivity contribution is 4.76. The fraction of sp³-hybridized carbons (Fsp3) is 1.00. The van der Waals surface area contributed by atoms with E-state index in [9.17, 15) is 5.11 Å². The maximum atomic E-state index is 9.77. The average Bonchev–Trinajstić information content (AvgIpc) is 2.12. The van der Waals surface area contributed by atoms with Crippen LogP contribution in [0.1, 0.15) is 27.2 Å². The van der Waals surface area contributed by atoms with Gasteiger partial charge in [-0.05, 0) is 19.8 Å². The van der Waals surface area contributed by atoms with Gasteiger partial charge in [0.2, 0.25) is 0 Å². The first-order valence-electron chi connectivity index (χ1n) is 4.69. The highest BCUT2D eigenvalue weighted by Crippen LogP contribution is 2.28. The van der Waals surface area contributed by atoms with Gasteiger partial charge in [-0.3, -0.25) is 0 Å². The first kappa shape index (κ1) is 13.8. The van der Waals surface area contributed by atoms with Crippen molar-refractivity contribution in [3.05, 3.63) is 0 Å². The summed E-state index contributed by atoms with van der Waals surface area (Å²) in [4.78, 5) is 0. The Kier molecular flexibility index (Phi) is 5.01. The molecular weight excluding hydrogens is 184 g/mol. The molecule has 0 rings (SSSR count). The molecule has 1 unspecified atom stereocenters. The van der Waals surface area contributed by atoms with Crippen molar-refractivity contribution in [3.8, 4) is 0 Å². The molecule has 0 fully saturated rings. The zero-order chi connectivity index (χ0) is 11.4. The number of rotatable bonds is 6. The van der Waals surface area contributed by atoms with Gasteiger partial charge in [-0.1, -0.05) is 6.92 Å². The molecule has 0 aromatic heterocycles. The van der Waals surface area contributed by atoms with Crippen molar-refractivity contribution in [2.24, 2.45) is 5.92 Å². The lowest BCUT2D eigenvalue weighted by atomic mass is 9.89. The van der Waals surface area contributed by atoms with Gasteiger partial charge < -0.3 is 19.3 Å². The van der Waals surface area contributed by atoms with Crippen molar-refractivity contribution < 1.29 is 19.3 Å². The number of methoxy groups -OCH3 is 3. The van der Waals surface area contributed by atoms with E-state index < -0.39 is 11.6 Å². The van der Waals surface area contributed by atoms with Gasteiger partial charge in [0.05, 0.1) is 5.60 Å². The fourth-order valence-corrected chi connectivity index (χ4v) is 1.12. The van der Waals surface area contributed by atoms with Crippen molar-refractivity contribution in [1.82, 2.24) is 0 Å². The minimum atomic E-state index is -1.06. The smallest absolute Gasteiger partial charge is 0.282 e.